The maximum absolute atomic E-state index is 13.4. The van der Waals surface area contributed by atoms with Crippen molar-refractivity contribution in [1.82, 2.24) is 20.9 Å². The van der Waals surface area contributed by atoms with Crippen molar-refractivity contribution in [2.24, 2.45) is 23.7 Å². The molecule has 0 radical (unpaired) electrons. The highest BCUT2D eigenvalue weighted by Gasteiger charge is 2.49. The van der Waals surface area contributed by atoms with Crippen LogP contribution < -0.4 is 21.3 Å². The second-order valence-corrected chi connectivity index (χ2v) is 9.38. The van der Waals surface area contributed by atoms with Crippen molar-refractivity contribution in [2.75, 3.05) is 18.4 Å². The number of carbonyl (C=O) groups is 3. The summed E-state index contributed by atoms with van der Waals surface area (Å²) in [6.45, 7) is 6.03. The second-order valence-electron chi connectivity index (χ2n) is 8.98. The van der Waals surface area contributed by atoms with Gasteiger partial charge in [0.25, 0.3) is 0 Å². The molecule has 3 amide bonds. The fourth-order valence-corrected chi connectivity index (χ4v) is 5.17. The lowest BCUT2D eigenvalue weighted by Crippen LogP contribution is -2.75. The summed E-state index contributed by atoms with van der Waals surface area (Å²) in [4.78, 5) is 40.5. The Hall–Kier alpha value is -2.23. The average Bonchev–Trinajstić information content (AvgIpc) is 2.69. The predicted molar refractivity (Wildman–Crippen MR) is 113 cm³/mol. The molecule has 1 aromatic rings. The van der Waals surface area contributed by atoms with Crippen LogP contribution in [-0.4, -0.2) is 48.2 Å². The average molecular weight is 452 g/mol. The van der Waals surface area contributed by atoms with E-state index in [0.29, 0.717) is 17.5 Å². The minimum atomic E-state index is -0.866. The van der Waals surface area contributed by atoms with Gasteiger partial charge < -0.3 is 16.0 Å². The number of hydrogen-bond donors (Lipinski definition) is 4. The first kappa shape index (κ1) is 22.0. The number of likely N-dealkylation sites (tertiary alicyclic amines) is 1. The van der Waals surface area contributed by atoms with Crippen molar-refractivity contribution in [3.05, 3.63) is 29.0 Å². The quantitative estimate of drug-likeness (QED) is 0.557. The zero-order valence-electron chi connectivity index (χ0n) is 17.5. The van der Waals surface area contributed by atoms with Crippen LogP contribution in [-0.2, 0) is 14.4 Å². The molecule has 0 bridgehead atoms. The summed E-state index contributed by atoms with van der Waals surface area (Å²) in [7, 11) is 0. The van der Waals surface area contributed by atoms with Crippen molar-refractivity contribution < 1.29 is 18.8 Å². The number of carbonyl (C=O) groups excluding carboxylic acids is 3. The fourth-order valence-electron chi connectivity index (χ4n) is 4.99. The predicted octanol–water partition coefficient (Wildman–Crippen LogP) is 1.48. The van der Waals surface area contributed by atoms with Crippen LogP contribution in [0, 0.1) is 29.5 Å². The van der Waals surface area contributed by atoms with Gasteiger partial charge in [-0.3, -0.25) is 24.6 Å². The Morgan fingerprint density at radius 2 is 1.90 bits per heavy atom. The van der Waals surface area contributed by atoms with E-state index in [2.05, 4.69) is 40.0 Å². The molecule has 3 saturated heterocycles. The van der Waals surface area contributed by atoms with E-state index < -0.39 is 36.0 Å². The Morgan fingerprint density at radius 1 is 1.19 bits per heavy atom. The van der Waals surface area contributed by atoms with E-state index in [9.17, 15) is 18.8 Å². The lowest BCUT2D eigenvalue weighted by atomic mass is 9.81. The number of piperidine rings is 2. The molecule has 6 atom stereocenters. The standard InChI is InChI=1S/C21H27ClFN5O3/c1-10-5-11(2)9-28(8-10)21-26-18-17(20(31)27-21)13(7-16(29)25-18)19(30)24-12-3-4-15(23)14(22)6-12/h3-4,6,10-11,13,17-18,21,26H,5,7-9H2,1-2H3,(H,24,30)(H,25,29)(H,27,31). The lowest BCUT2D eigenvalue weighted by molar-refractivity contribution is -0.148. The largest absolute Gasteiger partial charge is 0.340 e. The molecule has 1 aromatic carbocycles. The van der Waals surface area contributed by atoms with Crippen LogP contribution in [0.1, 0.15) is 26.7 Å². The number of rotatable bonds is 3. The summed E-state index contributed by atoms with van der Waals surface area (Å²) in [5.74, 6) is -2.29. The molecule has 3 heterocycles. The first-order chi connectivity index (χ1) is 14.7. The van der Waals surface area contributed by atoms with E-state index in [4.69, 9.17) is 11.6 Å². The third-order valence-corrected chi connectivity index (χ3v) is 6.51. The molecule has 3 aliphatic rings. The second kappa shape index (κ2) is 8.72. The maximum Gasteiger partial charge on any atom is 0.229 e. The van der Waals surface area contributed by atoms with E-state index in [1.807, 2.05) is 0 Å². The Morgan fingerprint density at radius 3 is 2.58 bits per heavy atom. The third kappa shape index (κ3) is 4.68. The molecule has 4 N–H and O–H groups in total. The number of nitrogens with one attached hydrogen (secondary N) is 4. The lowest BCUT2D eigenvalue weighted by Gasteiger charge is -2.48. The molecule has 0 aliphatic carbocycles. The van der Waals surface area contributed by atoms with E-state index in [-0.39, 0.29) is 23.3 Å². The molecule has 3 fully saturated rings. The van der Waals surface area contributed by atoms with Gasteiger partial charge in [0, 0.05) is 25.2 Å². The highest BCUT2D eigenvalue weighted by atomic mass is 35.5. The van der Waals surface area contributed by atoms with Gasteiger partial charge in [0.1, 0.15) is 12.1 Å². The third-order valence-electron chi connectivity index (χ3n) is 6.22. The van der Waals surface area contributed by atoms with Crippen LogP contribution in [0.4, 0.5) is 10.1 Å². The summed E-state index contributed by atoms with van der Waals surface area (Å²) in [5.41, 5.74) is 0.303. The normalized spacial score (nSPS) is 33.8. The summed E-state index contributed by atoms with van der Waals surface area (Å²) >= 11 is 5.78. The Kier molecular flexibility index (Phi) is 6.18. The van der Waals surface area contributed by atoms with Crippen LogP contribution >= 0.6 is 11.6 Å². The zero-order valence-corrected chi connectivity index (χ0v) is 18.2. The summed E-state index contributed by atoms with van der Waals surface area (Å²) in [6, 6.07) is 3.82. The number of halogens is 2. The Balaban J connectivity index is 1.49. The minimum absolute atomic E-state index is 0.112. The van der Waals surface area contributed by atoms with Crippen molar-refractivity contribution in [2.45, 2.75) is 39.1 Å². The SMILES string of the molecule is CC1CC(C)CN(C2NC(=O)C3C(NC(=O)CC3C(=O)Nc3ccc(F)c(Cl)c3)N2)C1. The van der Waals surface area contributed by atoms with Crippen LogP contribution in [0.25, 0.3) is 0 Å². The molecule has 168 valence electrons. The van der Waals surface area contributed by atoms with Gasteiger partial charge >= 0.3 is 0 Å². The number of anilines is 1. The van der Waals surface area contributed by atoms with E-state index in [1.165, 1.54) is 12.1 Å². The molecule has 0 aromatic heterocycles. The van der Waals surface area contributed by atoms with Crippen molar-refractivity contribution in [3.63, 3.8) is 0 Å². The first-order valence-corrected chi connectivity index (χ1v) is 10.9. The number of benzene rings is 1. The Bertz CT molecular complexity index is 890. The van der Waals surface area contributed by atoms with Crippen molar-refractivity contribution in [3.8, 4) is 0 Å². The molecule has 10 heteroatoms. The van der Waals surface area contributed by atoms with Gasteiger partial charge in [0.15, 0.2) is 0 Å². The van der Waals surface area contributed by atoms with Gasteiger partial charge in [0.05, 0.1) is 23.0 Å². The first-order valence-electron chi connectivity index (χ1n) is 10.6. The van der Waals surface area contributed by atoms with Crippen LogP contribution in [0.2, 0.25) is 5.02 Å². The fraction of sp³-hybridized carbons (Fsp3) is 0.571. The van der Waals surface area contributed by atoms with Crippen LogP contribution in [0.3, 0.4) is 0 Å². The van der Waals surface area contributed by atoms with Gasteiger partial charge in [-0.2, -0.15) is 0 Å². The molecule has 3 aliphatic heterocycles. The molecule has 0 spiro atoms. The molecule has 4 rings (SSSR count). The smallest absolute Gasteiger partial charge is 0.229 e. The van der Waals surface area contributed by atoms with E-state index in [1.54, 1.807) is 0 Å². The molecule has 0 saturated carbocycles. The van der Waals surface area contributed by atoms with Gasteiger partial charge in [-0.15, -0.1) is 0 Å². The monoisotopic (exact) mass is 451 g/mol. The number of fused-ring (bicyclic) bond motifs is 1. The summed E-state index contributed by atoms with van der Waals surface area (Å²) in [6.07, 6.45) is -0.0354. The van der Waals surface area contributed by atoms with Gasteiger partial charge in [-0.1, -0.05) is 25.4 Å². The van der Waals surface area contributed by atoms with Crippen LogP contribution in [0.5, 0.6) is 0 Å². The van der Waals surface area contributed by atoms with Gasteiger partial charge in [-0.25, -0.2) is 4.39 Å². The molecule has 8 nitrogen and oxygen atoms in total. The number of amides is 3. The van der Waals surface area contributed by atoms with Crippen molar-refractivity contribution >= 4 is 35.0 Å². The van der Waals surface area contributed by atoms with Crippen LogP contribution in [0.15, 0.2) is 18.2 Å². The summed E-state index contributed by atoms with van der Waals surface area (Å²) in [5, 5.41) is 11.6. The zero-order chi connectivity index (χ0) is 22.3. The van der Waals surface area contributed by atoms with Gasteiger partial charge in [-0.05, 0) is 36.5 Å². The molecule has 31 heavy (non-hydrogen) atoms. The molecular formula is C21H27ClFN5O3. The molecule has 6 unspecified atom stereocenters. The molecular weight excluding hydrogens is 425 g/mol. The number of nitrogens with zero attached hydrogens (tertiary/aromatic N) is 1. The highest BCUT2D eigenvalue weighted by molar-refractivity contribution is 6.31. The Labute approximate surface area is 185 Å². The minimum Gasteiger partial charge on any atom is -0.340 e. The topological polar surface area (TPSA) is 103 Å². The van der Waals surface area contributed by atoms with Gasteiger partial charge in [0.2, 0.25) is 17.7 Å². The van der Waals surface area contributed by atoms with E-state index in [0.717, 1.165) is 25.6 Å². The highest BCUT2D eigenvalue weighted by Crippen LogP contribution is 2.30. The summed E-state index contributed by atoms with van der Waals surface area (Å²) < 4.78 is 13.4. The van der Waals surface area contributed by atoms with Crippen molar-refractivity contribution in [1.29, 1.82) is 0 Å². The maximum atomic E-state index is 13.4. The van der Waals surface area contributed by atoms with E-state index >= 15 is 0 Å². The number of hydrogen-bond acceptors (Lipinski definition) is 5.